The van der Waals surface area contributed by atoms with E-state index in [9.17, 15) is 17.0 Å². The second-order valence-corrected chi connectivity index (χ2v) is 69.4. The van der Waals surface area contributed by atoms with Gasteiger partial charge in [-0.1, -0.05) is 0 Å². The molecule has 0 aromatic heterocycles. The molecule has 99 heavy (non-hydrogen) atoms. The van der Waals surface area contributed by atoms with Crippen molar-refractivity contribution in [2.24, 2.45) is 0 Å². The third kappa shape index (κ3) is 6.76. The molecular formula is C90H80Cl2O4Si2Zr. The summed E-state index contributed by atoms with van der Waals surface area (Å²) in [5.41, 5.74) is 20.7. The number of benzene rings is 8. The SMILES string of the molecule is COc1ccc(C2C=CC=CC3=C2C=C(C)[C]32[SiH](C)[C]3(C(C)=CC4=C3C=CC=CC4c3ccc(OC)c4ccccc34)[Zr]23([Cl])([Cl])[C]2(C(C)=CC4=C2C=CC=CC4c2ccc(OC)c4ccccc24)[SiH](C)[C]32C(C)=CC3=C2C=CC=CC3c2ccc(OC)c3ccccc23)c2ccccc12. The zero-order valence-corrected chi connectivity index (χ0v) is 64.0. The number of halogens is 2. The van der Waals surface area contributed by atoms with E-state index in [1.807, 2.05) is 0 Å². The summed E-state index contributed by atoms with van der Waals surface area (Å²) >= 11 is -7.87. The van der Waals surface area contributed by atoms with Crippen LogP contribution in [0.15, 0.2) is 334 Å². The molecule has 0 amide bonds. The van der Waals surface area contributed by atoms with E-state index in [0.29, 0.717) is 0 Å². The van der Waals surface area contributed by atoms with Crippen LogP contribution in [0.5, 0.6) is 23.0 Å². The summed E-state index contributed by atoms with van der Waals surface area (Å²) < 4.78 is 21.3. The van der Waals surface area contributed by atoms with Gasteiger partial charge >= 0.3 is 595 Å². The van der Waals surface area contributed by atoms with Gasteiger partial charge in [-0.3, -0.25) is 0 Å². The fourth-order valence-corrected chi connectivity index (χ4v) is 149. The number of hydrogen-bond donors (Lipinski definition) is 0. The summed E-state index contributed by atoms with van der Waals surface area (Å²) in [7, 11) is 25.1. The molecule has 490 valence electrons. The fourth-order valence-electron chi connectivity index (χ4n) is 24.8. The predicted octanol–water partition coefficient (Wildman–Crippen LogP) is 23.4. The average molecular weight is 1440 g/mol. The molecular weight excluding hydrogens is 1360 g/mol. The summed E-state index contributed by atoms with van der Waals surface area (Å²) in [6, 6.07) is 53.2. The molecule has 5 spiro atoms. The minimum absolute atomic E-state index is 0.152. The number of hydrogen-bond acceptors (Lipinski definition) is 4. The van der Waals surface area contributed by atoms with Gasteiger partial charge in [0.1, 0.15) is 0 Å². The number of fused-ring (bicyclic) bond motifs is 12. The normalized spacial score (nSPS) is 30.3. The molecule has 2 fully saturated rings. The number of ether oxygens (including phenoxy) is 4. The van der Waals surface area contributed by atoms with Crippen molar-refractivity contribution in [1.29, 1.82) is 0 Å². The van der Waals surface area contributed by atoms with Gasteiger partial charge in [-0.05, 0) is 0 Å². The monoisotopic (exact) mass is 1440 g/mol. The van der Waals surface area contributed by atoms with Crippen LogP contribution in [0.25, 0.3) is 43.1 Å². The fraction of sp³-hybridized carbons (Fsp3) is 0.200. The van der Waals surface area contributed by atoms with Crippen LogP contribution < -0.4 is 18.9 Å². The van der Waals surface area contributed by atoms with Gasteiger partial charge in [0.15, 0.2) is 0 Å². The van der Waals surface area contributed by atoms with Crippen LogP contribution in [0, 0.1) is 0 Å². The Balaban J connectivity index is 1.03. The van der Waals surface area contributed by atoms with E-state index in [0.717, 1.165) is 44.5 Å². The van der Waals surface area contributed by atoms with Crippen molar-refractivity contribution >= 4 is 77.7 Å². The second-order valence-electron chi connectivity index (χ2n) is 29.5. The van der Waals surface area contributed by atoms with Gasteiger partial charge < -0.3 is 0 Å². The predicted molar refractivity (Wildman–Crippen MR) is 418 cm³/mol. The van der Waals surface area contributed by atoms with E-state index in [1.54, 1.807) is 28.4 Å². The van der Waals surface area contributed by atoms with Crippen molar-refractivity contribution < 1.29 is 33.9 Å². The van der Waals surface area contributed by atoms with Gasteiger partial charge in [-0.25, -0.2) is 0 Å². The first-order valence-corrected chi connectivity index (χ1v) is 51.1. The standard InChI is InChI=1S/2C45H40O2Si.2ClH.Zr/c2*1-28-26-40-32(34-22-24-42(46-3)36-18-10-6-14-30(34)36)16-8-12-20-38(40)44(28)48(5)45-29(2)27-41-33(17-9-13-21-39(41)45)35-23-25-43(47-4)37-19-11-7-15-31(35)37;;;/h2*6-27,32-33,48H,1-5H3;2*1H;/q;;;;+2/p-2. The molecule has 2 aliphatic heterocycles. The maximum absolute atomic E-state index is 11.7. The van der Waals surface area contributed by atoms with Gasteiger partial charge in [0, 0.05) is 0 Å². The van der Waals surface area contributed by atoms with E-state index < -0.39 is 43.5 Å². The Hall–Kier alpha value is -8.26. The van der Waals surface area contributed by atoms with Crippen molar-refractivity contribution in [1.82, 2.24) is 0 Å². The molecule has 18 rings (SSSR count). The zero-order valence-electron chi connectivity index (χ0n) is 57.8. The molecule has 9 heteroatoms. The van der Waals surface area contributed by atoms with Gasteiger partial charge in [0.25, 0.3) is 0 Å². The Bertz CT molecular complexity index is 4930. The second kappa shape index (κ2) is 21.6. The molecule has 8 aromatic carbocycles. The van der Waals surface area contributed by atoms with E-state index in [4.69, 9.17) is 18.9 Å². The molecule has 8 atom stereocenters. The van der Waals surface area contributed by atoms with Crippen LogP contribution in [0.2, 0.25) is 24.1 Å². The molecule has 2 saturated heterocycles. The van der Waals surface area contributed by atoms with E-state index in [-0.39, 0.29) is 23.7 Å². The quantitative estimate of drug-likeness (QED) is 0.142. The molecule has 0 saturated carbocycles. The van der Waals surface area contributed by atoms with Crippen LogP contribution in [-0.2, 0) is 14.9 Å². The molecule has 10 aliphatic rings. The third-order valence-electron chi connectivity index (χ3n) is 27.0. The third-order valence-corrected chi connectivity index (χ3v) is 112. The van der Waals surface area contributed by atoms with Crippen molar-refractivity contribution in [2.75, 3.05) is 28.4 Å². The average Bonchev–Trinajstić information content (AvgIpc) is 1.52. The Morgan fingerprint density at radius 3 is 0.727 bits per heavy atom. The molecule has 4 nitrogen and oxygen atoms in total. The van der Waals surface area contributed by atoms with Gasteiger partial charge in [-0.2, -0.15) is 0 Å². The zero-order chi connectivity index (χ0) is 68.0. The number of rotatable bonds is 8. The van der Waals surface area contributed by atoms with E-state index in [2.05, 4.69) is 308 Å². The molecule has 8 unspecified atom stereocenters. The van der Waals surface area contributed by atoms with Gasteiger partial charge in [0.05, 0.1) is 0 Å². The molecule has 8 aromatic rings. The summed E-state index contributed by atoms with van der Waals surface area (Å²) in [6.45, 7) is 15.5. The molecule has 0 bridgehead atoms. The van der Waals surface area contributed by atoms with Gasteiger partial charge in [0.2, 0.25) is 0 Å². The summed E-state index contributed by atoms with van der Waals surface area (Å²) in [6.07, 6.45) is 49.2. The van der Waals surface area contributed by atoms with Crippen molar-refractivity contribution in [3.8, 4) is 23.0 Å². The maximum atomic E-state index is 11.7. The topological polar surface area (TPSA) is 36.9 Å². The van der Waals surface area contributed by atoms with Crippen molar-refractivity contribution in [3.05, 3.63) is 356 Å². The Morgan fingerprint density at radius 1 is 0.303 bits per heavy atom. The van der Waals surface area contributed by atoms with Crippen molar-refractivity contribution in [2.45, 2.75) is 75.4 Å². The Labute approximate surface area is 589 Å². The van der Waals surface area contributed by atoms with E-state index in [1.165, 1.54) is 111 Å². The minimum atomic E-state index is -7.87. The van der Waals surface area contributed by atoms with Crippen LogP contribution in [0.1, 0.15) is 73.6 Å². The number of methoxy groups -OCH3 is 4. The summed E-state index contributed by atoms with van der Waals surface area (Å²) in [5, 5.41) is 9.07. The molecule has 0 radical (unpaired) electrons. The van der Waals surface area contributed by atoms with Crippen LogP contribution in [0.4, 0.5) is 0 Å². The van der Waals surface area contributed by atoms with Crippen LogP contribution >= 0.6 is 17.0 Å². The first-order chi connectivity index (χ1) is 48.1. The number of allylic oxidation sites excluding steroid dienone is 32. The van der Waals surface area contributed by atoms with Crippen molar-refractivity contribution in [3.63, 3.8) is 0 Å². The van der Waals surface area contributed by atoms with E-state index >= 15 is 0 Å². The Kier molecular flexibility index (Phi) is 13.8. The summed E-state index contributed by atoms with van der Waals surface area (Å²) in [4.78, 5) is 0. The summed E-state index contributed by atoms with van der Waals surface area (Å²) in [5.74, 6) is 2.84. The Morgan fingerprint density at radius 2 is 0.515 bits per heavy atom. The first kappa shape index (κ1) is 63.0. The first-order valence-electron chi connectivity index (χ1n) is 35.2. The van der Waals surface area contributed by atoms with Crippen LogP contribution in [0.3, 0.4) is 0 Å². The van der Waals surface area contributed by atoms with Crippen LogP contribution in [-0.4, -0.2) is 46.0 Å². The molecule has 0 N–H and O–H groups in total. The van der Waals surface area contributed by atoms with Gasteiger partial charge in [-0.15, -0.1) is 0 Å². The molecule has 2 heterocycles. The molecule has 8 aliphatic carbocycles.